The third-order valence-electron chi connectivity index (χ3n) is 2.94. The molecule has 1 rings (SSSR count). The van der Waals surface area contributed by atoms with Gasteiger partial charge < -0.3 is 15.8 Å². The summed E-state index contributed by atoms with van der Waals surface area (Å²) < 4.78 is 17.1. The van der Waals surface area contributed by atoms with Crippen molar-refractivity contribution in [3.8, 4) is 5.75 Å². The van der Waals surface area contributed by atoms with Crippen LogP contribution in [0.4, 0.5) is 11.4 Å². The van der Waals surface area contributed by atoms with E-state index >= 15 is 0 Å². The van der Waals surface area contributed by atoms with Crippen molar-refractivity contribution in [2.24, 2.45) is 0 Å². The Kier molecular flexibility index (Phi) is 6.51. The zero-order valence-corrected chi connectivity index (χ0v) is 13.0. The van der Waals surface area contributed by atoms with Gasteiger partial charge in [-0.05, 0) is 31.5 Å². The highest BCUT2D eigenvalue weighted by Gasteiger charge is 2.20. The number of carbonyl (C=O) groups excluding carboxylic acids is 1. The SMILES string of the molecule is CCCCS(=O)C(C)C(=O)Nc1cc(N)ccc1OC. The van der Waals surface area contributed by atoms with Crippen molar-refractivity contribution < 1.29 is 13.7 Å². The van der Waals surface area contributed by atoms with Gasteiger partial charge in [0.25, 0.3) is 0 Å². The number of nitrogens with two attached hydrogens (primary N) is 1. The molecule has 0 fully saturated rings. The van der Waals surface area contributed by atoms with Crippen molar-refractivity contribution in [3.63, 3.8) is 0 Å². The van der Waals surface area contributed by atoms with Crippen molar-refractivity contribution in [2.45, 2.75) is 31.9 Å². The Morgan fingerprint density at radius 1 is 1.50 bits per heavy atom. The third-order valence-corrected chi connectivity index (χ3v) is 4.64. The van der Waals surface area contributed by atoms with Gasteiger partial charge in [-0.2, -0.15) is 0 Å². The van der Waals surface area contributed by atoms with E-state index in [-0.39, 0.29) is 5.91 Å². The van der Waals surface area contributed by atoms with Crippen LogP contribution in [0.1, 0.15) is 26.7 Å². The van der Waals surface area contributed by atoms with Gasteiger partial charge in [-0.1, -0.05) is 13.3 Å². The van der Waals surface area contributed by atoms with E-state index in [0.29, 0.717) is 22.9 Å². The fraction of sp³-hybridized carbons (Fsp3) is 0.500. The smallest absolute Gasteiger partial charge is 0.239 e. The Bertz CT molecular complexity index is 491. The minimum atomic E-state index is -1.17. The molecule has 6 heteroatoms. The Morgan fingerprint density at radius 2 is 2.20 bits per heavy atom. The molecule has 0 aromatic heterocycles. The van der Waals surface area contributed by atoms with E-state index in [1.54, 1.807) is 25.1 Å². The molecule has 0 aliphatic rings. The molecule has 3 N–H and O–H groups in total. The number of carbonyl (C=O) groups is 1. The number of anilines is 2. The maximum absolute atomic E-state index is 12.1. The molecule has 5 nitrogen and oxygen atoms in total. The third kappa shape index (κ3) is 4.52. The second-order valence-electron chi connectivity index (χ2n) is 4.53. The molecule has 0 radical (unpaired) electrons. The molecule has 0 saturated heterocycles. The summed E-state index contributed by atoms with van der Waals surface area (Å²) in [6.45, 7) is 3.69. The van der Waals surface area contributed by atoms with Gasteiger partial charge in [0.1, 0.15) is 11.0 Å². The lowest BCUT2D eigenvalue weighted by Gasteiger charge is -2.14. The van der Waals surface area contributed by atoms with Gasteiger partial charge in [0.2, 0.25) is 5.91 Å². The Hall–Kier alpha value is -1.56. The summed E-state index contributed by atoms with van der Waals surface area (Å²) in [5.41, 5.74) is 6.72. The summed E-state index contributed by atoms with van der Waals surface area (Å²) in [6, 6.07) is 5.00. The van der Waals surface area contributed by atoms with Crippen LogP contribution < -0.4 is 15.8 Å². The normalized spacial score (nSPS) is 13.6. The first-order valence-corrected chi connectivity index (χ1v) is 7.99. The number of nitrogen functional groups attached to an aromatic ring is 1. The monoisotopic (exact) mass is 298 g/mol. The summed E-state index contributed by atoms with van der Waals surface area (Å²) in [7, 11) is 0.351. The molecule has 2 unspecified atom stereocenters. The zero-order chi connectivity index (χ0) is 15.1. The molecule has 0 heterocycles. The molecule has 1 aromatic rings. The van der Waals surface area contributed by atoms with Crippen LogP contribution in [0.2, 0.25) is 0 Å². The maximum atomic E-state index is 12.1. The fourth-order valence-corrected chi connectivity index (χ4v) is 2.86. The average Bonchev–Trinajstić information content (AvgIpc) is 2.44. The molecule has 1 amide bonds. The first-order chi connectivity index (χ1) is 9.49. The number of nitrogens with one attached hydrogen (secondary N) is 1. The van der Waals surface area contributed by atoms with Gasteiger partial charge in [0, 0.05) is 22.2 Å². The van der Waals surface area contributed by atoms with Crippen LogP contribution >= 0.6 is 0 Å². The minimum absolute atomic E-state index is 0.289. The van der Waals surface area contributed by atoms with Crippen molar-refractivity contribution in [2.75, 3.05) is 23.9 Å². The van der Waals surface area contributed by atoms with E-state index in [1.165, 1.54) is 7.11 Å². The lowest BCUT2D eigenvalue weighted by molar-refractivity contribution is -0.115. The maximum Gasteiger partial charge on any atom is 0.239 e. The van der Waals surface area contributed by atoms with E-state index in [4.69, 9.17) is 10.5 Å². The number of benzene rings is 1. The molecule has 0 aliphatic heterocycles. The van der Waals surface area contributed by atoms with Gasteiger partial charge in [0.15, 0.2) is 0 Å². The first-order valence-electron chi connectivity index (χ1n) is 6.61. The molecular formula is C14H22N2O3S. The van der Waals surface area contributed by atoms with Crippen LogP contribution in [0.5, 0.6) is 5.75 Å². The van der Waals surface area contributed by atoms with Crippen LogP contribution in [-0.2, 0) is 15.6 Å². The molecule has 0 bridgehead atoms. The van der Waals surface area contributed by atoms with Gasteiger partial charge in [-0.3, -0.25) is 9.00 Å². The van der Waals surface area contributed by atoms with Crippen LogP contribution in [0.15, 0.2) is 18.2 Å². The molecule has 2 atom stereocenters. The van der Waals surface area contributed by atoms with Crippen molar-refractivity contribution >= 4 is 28.1 Å². The zero-order valence-electron chi connectivity index (χ0n) is 12.1. The first kappa shape index (κ1) is 16.5. The number of hydrogen-bond acceptors (Lipinski definition) is 4. The predicted molar refractivity (Wildman–Crippen MR) is 83.4 cm³/mol. The van der Waals surface area contributed by atoms with E-state index in [1.807, 2.05) is 6.92 Å². The number of unbranched alkanes of at least 4 members (excludes halogenated alkanes) is 1. The molecule has 1 aromatic carbocycles. The molecular weight excluding hydrogens is 276 g/mol. The number of methoxy groups -OCH3 is 1. The molecule has 112 valence electrons. The van der Waals surface area contributed by atoms with Crippen LogP contribution in [0, 0.1) is 0 Å². The largest absolute Gasteiger partial charge is 0.495 e. The van der Waals surface area contributed by atoms with Crippen molar-refractivity contribution in [3.05, 3.63) is 18.2 Å². The summed E-state index contributed by atoms with van der Waals surface area (Å²) in [5.74, 6) is 0.779. The summed E-state index contributed by atoms with van der Waals surface area (Å²) >= 11 is 0. The number of hydrogen-bond donors (Lipinski definition) is 2. The molecule has 0 aliphatic carbocycles. The number of amides is 1. The quantitative estimate of drug-likeness (QED) is 0.756. The van der Waals surface area contributed by atoms with Crippen molar-refractivity contribution in [1.29, 1.82) is 0 Å². The van der Waals surface area contributed by atoms with Gasteiger partial charge >= 0.3 is 0 Å². The van der Waals surface area contributed by atoms with Crippen LogP contribution in [-0.4, -0.2) is 28.2 Å². The minimum Gasteiger partial charge on any atom is -0.495 e. The highest BCUT2D eigenvalue weighted by molar-refractivity contribution is 7.86. The van der Waals surface area contributed by atoms with E-state index < -0.39 is 16.0 Å². The Labute approximate surface area is 122 Å². The van der Waals surface area contributed by atoms with E-state index in [0.717, 1.165) is 12.8 Å². The van der Waals surface area contributed by atoms with E-state index in [9.17, 15) is 9.00 Å². The second kappa shape index (κ2) is 7.89. The molecule has 20 heavy (non-hydrogen) atoms. The van der Waals surface area contributed by atoms with E-state index in [2.05, 4.69) is 5.32 Å². The number of rotatable bonds is 7. The van der Waals surface area contributed by atoms with Gasteiger partial charge in [-0.25, -0.2) is 0 Å². The highest BCUT2D eigenvalue weighted by Crippen LogP contribution is 2.26. The predicted octanol–water partition coefficient (Wildman–Crippen LogP) is 2.15. The highest BCUT2D eigenvalue weighted by atomic mass is 32.2. The van der Waals surface area contributed by atoms with Crippen molar-refractivity contribution in [1.82, 2.24) is 0 Å². The Balaban J connectivity index is 2.75. The standard InChI is InChI=1S/C14H22N2O3S/c1-4-5-8-20(18)10(2)14(17)16-12-9-11(15)6-7-13(12)19-3/h6-7,9-10H,4-5,8,15H2,1-3H3,(H,16,17). The lowest BCUT2D eigenvalue weighted by atomic mass is 10.2. The fourth-order valence-electron chi connectivity index (χ4n) is 1.64. The number of ether oxygens (including phenoxy) is 1. The molecule has 0 saturated carbocycles. The summed E-state index contributed by atoms with van der Waals surface area (Å²) in [5, 5.41) is 2.16. The topological polar surface area (TPSA) is 81.4 Å². The van der Waals surface area contributed by atoms with Crippen LogP contribution in [0.3, 0.4) is 0 Å². The van der Waals surface area contributed by atoms with Gasteiger partial charge in [-0.15, -0.1) is 0 Å². The van der Waals surface area contributed by atoms with Crippen LogP contribution in [0.25, 0.3) is 0 Å². The molecule has 0 spiro atoms. The van der Waals surface area contributed by atoms with Gasteiger partial charge in [0.05, 0.1) is 12.8 Å². The average molecular weight is 298 g/mol. The lowest BCUT2D eigenvalue weighted by Crippen LogP contribution is -2.30. The second-order valence-corrected chi connectivity index (χ2v) is 6.41. The Morgan fingerprint density at radius 3 is 2.80 bits per heavy atom. The summed E-state index contributed by atoms with van der Waals surface area (Å²) in [4.78, 5) is 12.1. The summed E-state index contributed by atoms with van der Waals surface area (Å²) in [6.07, 6.45) is 1.81.